The van der Waals surface area contributed by atoms with Crippen LogP contribution in [0.3, 0.4) is 0 Å². The minimum absolute atomic E-state index is 0.0666. The van der Waals surface area contributed by atoms with Crippen LogP contribution in [-0.2, 0) is 21.3 Å². The number of amides is 1. The van der Waals surface area contributed by atoms with E-state index in [9.17, 15) is 13.2 Å². The molecule has 0 spiro atoms. The number of likely N-dealkylation sites (tertiary alicyclic amines) is 1. The van der Waals surface area contributed by atoms with Crippen LogP contribution in [0.4, 0.5) is 0 Å². The van der Waals surface area contributed by atoms with Crippen molar-refractivity contribution in [2.24, 2.45) is 5.41 Å². The second-order valence-electron chi connectivity index (χ2n) is 8.83. The first-order chi connectivity index (χ1) is 15.3. The van der Waals surface area contributed by atoms with Gasteiger partial charge in [0, 0.05) is 13.1 Å². The molecule has 2 aromatic carbocycles. The largest absolute Gasteiger partial charge is 0.342 e. The van der Waals surface area contributed by atoms with Gasteiger partial charge in [-0.25, -0.2) is 0 Å². The Morgan fingerprint density at radius 1 is 0.969 bits per heavy atom. The quantitative estimate of drug-likeness (QED) is 0.680. The lowest BCUT2D eigenvalue weighted by Gasteiger charge is -2.41. The summed E-state index contributed by atoms with van der Waals surface area (Å²) in [4.78, 5) is 15.2. The third-order valence-corrected chi connectivity index (χ3v) is 7.23. The van der Waals surface area contributed by atoms with Crippen LogP contribution >= 0.6 is 0 Å². The summed E-state index contributed by atoms with van der Waals surface area (Å²) in [5.74, 6) is 0.410. The maximum absolute atomic E-state index is 13.2. The van der Waals surface area contributed by atoms with E-state index in [0.717, 1.165) is 51.0 Å². The number of carbonyl (C=O) groups is 1. The van der Waals surface area contributed by atoms with E-state index < -0.39 is 10.1 Å². The molecule has 2 aliphatic heterocycles. The van der Waals surface area contributed by atoms with Crippen molar-refractivity contribution in [2.45, 2.75) is 50.3 Å². The minimum atomic E-state index is -4.02. The minimum Gasteiger partial charge on any atom is -0.342 e. The van der Waals surface area contributed by atoms with Gasteiger partial charge in [0.1, 0.15) is 0 Å². The lowest BCUT2D eigenvalue weighted by Crippen LogP contribution is -2.51. The van der Waals surface area contributed by atoms with Gasteiger partial charge in [0.05, 0.1) is 10.3 Å². The molecule has 2 saturated heterocycles. The zero-order valence-corrected chi connectivity index (χ0v) is 19.6. The van der Waals surface area contributed by atoms with Crippen molar-refractivity contribution in [3.05, 3.63) is 65.7 Å². The maximum Gasteiger partial charge on any atom is 0.294 e. The molecule has 0 unspecified atom stereocenters. The van der Waals surface area contributed by atoms with Crippen LogP contribution in [-0.4, -0.2) is 50.0 Å². The van der Waals surface area contributed by atoms with Crippen molar-refractivity contribution in [2.75, 3.05) is 26.2 Å². The Balaban J connectivity index is 0.000000222. The third kappa shape index (κ3) is 6.64. The molecular weight excluding hydrogens is 424 g/mol. The predicted octanol–water partition coefficient (Wildman–Crippen LogP) is 3.85. The molecule has 32 heavy (non-hydrogen) atoms. The number of benzene rings is 2. The molecule has 2 heterocycles. The van der Waals surface area contributed by atoms with Gasteiger partial charge in [-0.3, -0.25) is 9.35 Å². The number of piperidine rings is 2. The van der Waals surface area contributed by atoms with Crippen molar-refractivity contribution in [3.8, 4) is 0 Å². The molecule has 0 saturated carbocycles. The molecule has 0 aliphatic carbocycles. The summed E-state index contributed by atoms with van der Waals surface area (Å²) in [5.41, 5.74) is 2.08. The fraction of sp³-hybridized carbons (Fsp3) is 0.480. The van der Waals surface area contributed by atoms with Crippen molar-refractivity contribution >= 4 is 16.0 Å². The van der Waals surface area contributed by atoms with Gasteiger partial charge in [-0.15, -0.1) is 0 Å². The number of rotatable bonds is 4. The molecular formula is C25H34N2O4S. The Kier molecular flexibility index (Phi) is 8.45. The van der Waals surface area contributed by atoms with Crippen molar-refractivity contribution in [1.29, 1.82) is 0 Å². The van der Waals surface area contributed by atoms with Gasteiger partial charge in [-0.05, 0) is 76.2 Å². The standard InChI is InChI=1S/C18H26N2O.C7H8O3S/c21-17(20-13-5-2-6-14-20)18(9-11-19-12-10-18)15-16-7-3-1-4-8-16;1-6-2-4-7(5-3-6)11(8,9)10/h1,3-4,7-8,19H,2,5-6,9-15H2;2-5H,1H3,(H,8,9,10). The van der Waals surface area contributed by atoms with E-state index in [1.165, 1.54) is 37.0 Å². The normalized spacial score (nSPS) is 18.4. The summed E-state index contributed by atoms with van der Waals surface area (Å²) in [6, 6.07) is 16.5. The van der Waals surface area contributed by atoms with Crippen molar-refractivity contribution in [3.63, 3.8) is 0 Å². The Morgan fingerprint density at radius 2 is 1.56 bits per heavy atom. The van der Waals surface area contributed by atoms with Crippen molar-refractivity contribution in [1.82, 2.24) is 10.2 Å². The first-order valence-corrected chi connectivity index (χ1v) is 12.8. The van der Waals surface area contributed by atoms with E-state index in [4.69, 9.17) is 4.55 Å². The van der Waals surface area contributed by atoms with Gasteiger partial charge in [0.15, 0.2) is 0 Å². The third-order valence-electron chi connectivity index (χ3n) is 6.36. The van der Waals surface area contributed by atoms with Gasteiger partial charge < -0.3 is 10.2 Å². The van der Waals surface area contributed by atoms with Crippen LogP contribution in [0, 0.1) is 12.3 Å². The molecule has 0 atom stereocenters. The zero-order valence-electron chi connectivity index (χ0n) is 18.8. The number of aryl methyl sites for hydroxylation is 1. The highest BCUT2D eigenvalue weighted by molar-refractivity contribution is 7.85. The van der Waals surface area contributed by atoms with Crippen LogP contribution in [0.2, 0.25) is 0 Å². The van der Waals surface area contributed by atoms with Crippen LogP contribution < -0.4 is 5.32 Å². The second-order valence-corrected chi connectivity index (χ2v) is 10.3. The molecule has 1 amide bonds. The van der Waals surface area contributed by atoms with E-state index >= 15 is 0 Å². The first-order valence-electron chi connectivity index (χ1n) is 11.4. The van der Waals surface area contributed by atoms with Crippen molar-refractivity contribution < 1.29 is 17.8 Å². The average molecular weight is 459 g/mol. The summed E-state index contributed by atoms with van der Waals surface area (Å²) < 4.78 is 29.6. The molecule has 7 heteroatoms. The molecule has 2 aliphatic rings. The number of nitrogens with zero attached hydrogens (tertiary/aromatic N) is 1. The molecule has 0 aromatic heterocycles. The smallest absolute Gasteiger partial charge is 0.294 e. The summed E-state index contributed by atoms with van der Waals surface area (Å²) >= 11 is 0. The van der Waals surface area contributed by atoms with E-state index in [1.54, 1.807) is 12.1 Å². The number of nitrogens with one attached hydrogen (secondary N) is 1. The Morgan fingerprint density at radius 3 is 2.12 bits per heavy atom. The van der Waals surface area contributed by atoms with Gasteiger partial charge in [-0.2, -0.15) is 8.42 Å². The van der Waals surface area contributed by atoms with Crippen LogP contribution in [0.5, 0.6) is 0 Å². The fourth-order valence-electron chi connectivity index (χ4n) is 4.50. The summed E-state index contributed by atoms with van der Waals surface area (Å²) in [5, 5.41) is 3.41. The fourth-order valence-corrected chi connectivity index (χ4v) is 4.98. The monoisotopic (exact) mass is 458 g/mol. The Labute approximate surface area is 191 Å². The Bertz CT molecular complexity index is 963. The van der Waals surface area contributed by atoms with Gasteiger partial charge in [-0.1, -0.05) is 48.0 Å². The second kappa shape index (κ2) is 11.1. The van der Waals surface area contributed by atoms with Crippen LogP contribution in [0.15, 0.2) is 59.5 Å². The predicted molar refractivity (Wildman–Crippen MR) is 126 cm³/mol. The molecule has 174 valence electrons. The first kappa shape index (κ1) is 24.4. The average Bonchev–Trinajstić information content (AvgIpc) is 2.80. The highest BCUT2D eigenvalue weighted by atomic mass is 32.2. The molecule has 2 fully saturated rings. The van der Waals surface area contributed by atoms with E-state index in [0.29, 0.717) is 5.91 Å². The molecule has 0 radical (unpaired) electrons. The van der Waals surface area contributed by atoms with Crippen LogP contribution in [0.1, 0.15) is 43.2 Å². The van der Waals surface area contributed by atoms with E-state index in [1.807, 2.05) is 13.0 Å². The molecule has 0 bridgehead atoms. The number of hydrogen-bond donors (Lipinski definition) is 2. The van der Waals surface area contributed by atoms with Gasteiger partial charge >= 0.3 is 0 Å². The molecule has 4 rings (SSSR count). The van der Waals surface area contributed by atoms with E-state index in [-0.39, 0.29) is 10.3 Å². The molecule has 2 aromatic rings. The van der Waals surface area contributed by atoms with Gasteiger partial charge in [0.2, 0.25) is 5.91 Å². The molecule has 2 N–H and O–H groups in total. The lowest BCUT2D eigenvalue weighted by atomic mass is 9.73. The maximum atomic E-state index is 13.2. The highest BCUT2D eigenvalue weighted by Crippen LogP contribution is 2.36. The highest BCUT2D eigenvalue weighted by Gasteiger charge is 2.42. The lowest BCUT2D eigenvalue weighted by molar-refractivity contribution is -0.144. The van der Waals surface area contributed by atoms with E-state index in [2.05, 4.69) is 34.5 Å². The summed E-state index contributed by atoms with van der Waals surface area (Å²) in [6.07, 6.45) is 6.45. The zero-order chi connectivity index (χ0) is 23.0. The SMILES string of the molecule is Cc1ccc(S(=O)(=O)O)cc1.O=C(N1CCCCC1)C1(Cc2ccccc2)CCNCC1. The topological polar surface area (TPSA) is 86.7 Å². The van der Waals surface area contributed by atoms with Gasteiger partial charge in [0.25, 0.3) is 10.1 Å². The molecule has 6 nitrogen and oxygen atoms in total. The number of hydrogen-bond acceptors (Lipinski definition) is 4. The Hall–Kier alpha value is -2.22. The number of carbonyl (C=O) groups excluding carboxylic acids is 1. The summed E-state index contributed by atoms with van der Waals surface area (Å²) in [6.45, 7) is 5.69. The summed E-state index contributed by atoms with van der Waals surface area (Å²) in [7, 11) is -4.02. The van der Waals surface area contributed by atoms with Crippen LogP contribution in [0.25, 0.3) is 0 Å².